The van der Waals surface area contributed by atoms with Crippen LogP contribution < -0.4 is 5.32 Å². The van der Waals surface area contributed by atoms with E-state index in [9.17, 15) is 18.0 Å². The van der Waals surface area contributed by atoms with Crippen LogP contribution in [0, 0.1) is 6.54 Å². The molecule has 1 amide bonds. The number of alkyl halides is 3. The number of nitrogens with one attached hydrogen (secondary N) is 1. The fourth-order valence-electron chi connectivity index (χ4n) is 0.492. The maximum absolute atomic E-state index is 11.5. The average Bonchev–Trinajstić information content (AvgIpc) is 2.00. The highest BCUT2D eigenvalue weighted by Gasteiger charge is 2.28. The summed E-state index contributed by atoms with van der Waals surface area (Å²) in [4.78, 5) is 10.5. The number of hydrogen-bond donors (Lipinski definition) is 1. The molecular weight excluding hydrogens is 187 g/mol. The van der Waals surface area contributed by atoms with Crippen LogP contribution in [-0.4, -0.2) is 18.9 Å². The Kier molecular flexibility index (Phi) is 5.25. The summed E-state index contributed by atoms with van der Waals surface area (Å²) >= 11 is 0. The van der Waals surface area contributed by atoms with Gasteiger partial charge in [0.15, 0.2) is 6.54 Å². The molecule has 0 spiro atoms. The van der Waals surface area contributed by atoms with Crippen LogP contribution in [0.5, 0.6) is 0 Å². The summed E-state index contributed by atoms with van der Waals surface area (Å²) in [6.07, 6.45) is -4.13. The summed E-state index contributed by atoms with van der Waals surface area (Å²) in [5, 5.41) is 1.47. The molecule has 6 heteroatoms. The standard InChI is InChI=1S/C7H11F3NO2/c1-2-3-4-13-6(12)11-5-7(8,9)10/h5H,2-4H2,1H3,(H,11,12). The monoisotopic (exact) mass is 198 g/mol. The predicted octanol–water partition coefficient (Wildman–Crippen LogP) is 2.24. The van der Waals surface area contributed by atoms with E-state index in [-0.39, 0.29) is 13.2 Å². The fraction of sp³-hybridized carbons (Fsp3) is 0.714. The zero-order valence-corrected chi connectivity index (χ0v) is 7.15. The Bertz CT molecular complexity index is 158. The zero-order valence-electron chi connectivity index (χ0n) is 7.15. The molecule has 0 unspecified atom stereocenters. The fourth-order valence-corrected chi connectivity index (χ4v) is 0.492. The summed E-state index contributed by atoms with van der Waals surface area (Å²) in [6, 6.07) is 0. The Morgan fingerprint density at radius 1 is 1.54 bits per heavy atom. The van der Waals surface area contributed by atoms with Crippen molar-refractivity contribution in [3.63, 3.8) is 0 Å². The van der Waals surface area contributed by atoms with Crippen molar-refractivity contribution in [3.8, 4) is 0 Å². The SMILES string of the molecule is CCCCOC(=O)N[CH]C(F)(F)F. The van der Waals surface area contributed by atoms with Gasteiger partial charge in [0, 0.05) is 0 Å². The highest BCUT2D eigenvalue weighted by Crippen LogP contribution is 2.15. The van der Waals surface area contributed by atoms with Crippen molar-refractivity contribution >= 4 is 6.09 Å². The highest BCUT2D eigenvalue weighted by atomic mass is 19.4. The van der Waals surface area contributed by atoms with Crippen LogP contribution in [0.1, 0.15) is 19.8 Å². The number of amides is 1. The van der Waals surface area contributed by atoms with Gasteiger partial charge in [0.2, 0.25) is 0 Å². The lowest BCUT2D eigenvalue weighted by molar-refractivity contribution is -0.101. The molecule has 13 heavy (non-hydrogen) atoms. The van der Waals surface area contributed by atoms with Crippen molar-refractivity contribution in [2.24, 2.45) is 0 Å². The largest absolute Gasteiger partial charge is 0.450 e. The lowest BCUT2D eigenvalue weighted by Crippen LogP contribution is -2.29. The molecule has 0 fully saturated rings. The summed E-state index contributed by atoms with van der Waals surface area (Å²) < 4.78 is 38.8. The summed E-state index contributed by atoms with van der Waals surface area (Å²) in [6.45, 7) is 1.75. The quantitative estimate of drug-likeness (QED) is 0.703. The molecule has 0 rings (SSSR count). The molecule has 3 nitrogen and oxygen atoms in total. The third-order valence-electron chi connectivity index (χ3n) is 1.08. The first kappa shape index (κ1) is 12.1. The van der Waals surface area contributed by atoms with Crippen molar-refractivity contribution in [2.45, 2.75) is 25.9 Å². The maximum Gasteiger partial charge on any atom is 0.411 e. The summed E-state index contributed by atoms with van der Waals surface area (Å²) in [7, 11) is 0. The topological polar surface area (TPSA) is 38.3 Å². The number of carbonyl (C=O) groups excluding carboxylic acids is 1. The first-order valence-corrected chi connectivity index (χ1v) is 3.80. The number of halogens is 3. The second-order valence-electron chi connectivity index (χ2n) is 2.32. The highest BCUT2D eigenvalue weighted by molar-refractivity contribution is 5.67. The summed E-state index contributed by atoms with van der Waals surface area (Å²) in [5.74, 6) is 0. The first-order chi connectivity index (χ1) is 5.95. The average molecular weight is 198 g/mol. The second-order valence-corrected chi connectivity index (χ2v) is 2.32. The number of carbonyl (C=O) groups is 1. The van der Waals surface area contributed by atoms with Crippen LogP contribution in [0.4, 0.5) is 18.0 Å². The lowest BCUT2D eigenvalue weighted by Gasteiger charge is -2.07. The van der Waals surface area contributed by atoms with Crippen molar-refractivity contribution in [1.29, 1.82) is 0 Å². The Hall–Kier alpha value is -0.940. The molecule has 0 heterocycles. The number of unbranched alkanes of at least 4 members (excludes halogenated alkanes) is 1. The minimum Gasteiger partial charge on any atom is -0.450 e. The van der Waals surface area contributed by atoms with E-state index >= 15 is 0 Å². The Morgan fingerprint density at radius 2 is 2.15 bits per heavy atom. The molecule has 0 bridgehead atoms. The van der Waals surface area contributed by atoms with Gasteiger partial charge < -0.3 is 10.1 Å². The van der Waals surface area contributed by atoms with E-state index in [0.29, 0.717) is 6.42 Å². The van der Waals surface area contributed by atoms with Gasteiger partial charge in [-0.25, -0.2) is 4.79 Å². The second kappa shape index (κ2) is 5.66. The Morgan fingerprint density at radius 3 is 2.62 bits per heavy atom. The number of ether oxygens (including phenoxy) is 1. The molecule has 0 atom stereocenters. The molecule has 0 saturated heterocycles. The van der Waals surface area contributed by atoms with E-state index in [4.69, 9.17) is 0 Å². The minimum absolute atomic E-state index is 0.133. The molecule has 0 aromatic heterocycles. The van der Waals surface area contributed by atoms with E-state index in [1.165, 1.54) is 5.32 Å². The van der Waals surface area contributed by atoms with Crippen LogP contribution >= 0.6 is 0 Å². The van der Waals surface area contributed by atoms with Gasteiger partial charge in [-0.15, -0.1) is 0 Å². The lowest BCUT2D eigenvalue weighted by atomic mass is 10.4. The number of alkyl carbamates (subject to hydrolysis) is 1. The van der Waals surface area contributed by atoms with Gasteiger partial charge in [-0.05, 0) is 6.42 Å². The third kappa shape index (κ3) is 8.97. The van der Waals surface area contributed by atoms with Crippen LogP contribution in [0.2, 0.25) is 0 Å². The van der Waals surface area contributed by atoms with Gasteiger partial charge in [-0.3, -0.25) is 0 Å². The van der Waals surface area contributed by atoms with Crippen LogP contribution in [0.15, 0.2) is 0 Å². The smallest absolute Gasteiger partial charge is 0.411 e. The van der Waals surface area contributed by atoms with Gasteiger partial charge in [0.1, 0.15) is 0 Å². The van der Waals surface area contributed by atoms with Crippen molar-refractivity contribution in [2.75, 3.05) is 6.61 Å². The van der Waals surface area contributed by atoms with E-state index in [1.54, 1.807) is 0 Å². The molecule has 0 aliphatic rings. The molecule has 0 aromatic carbocycles. The maximum atomic E-state index is 11.5. The zero-order chi connectivity index (χ0) is 10.3. The first-order valence-electron chi connectivity index (χ1n) is 3.80. The van der Waals surface area contributed by atoms with Crippen molar-refractivity contribution < 1.29 is 22.7 Å². The number of hydrogen-bond acceptors (Lipinski definition) is 2. The number of rotatable bonds is 4. The molecule has 1 N–H and O–H groups in total. The summed E-state index contributed by atoms with van der Waals surface area (Å²) in [5.41, 5.74) is 0. The van der Waals surface area contributed by atoms with E-state index < -0.39 is 12.3 Å². The molecule has 0 aliphatic carbocycles. The van der Waals surface area contributed by atoms with E-state index in [0.717, 1.165) is 6.42 Å². The Labute approximate surface area is 74.3 Å². The van der Waals surface area contributed by atoms with Crippen LogP contribution in [0.3, 0.4) is 0 Å². The Balaban J connectivity index is 3.41. The van der Waals surface area contributed by atoms with Gasteiger partial charge in [0.05, 0.1) is 6.61 Å². The van der Waals surface area contributed by atoms with Crippen LogP contribution in [0.25, 0.3) is 0 Å². The van der Waals surface area contributed by atoms with Crippen molar-refractivity contribution in [1.82, 2.24) is 5.32 Å². The molecule has 0 aliphatic heterocycles. The molecule has 0 saturated carbocycles. The predicted molar refractivity (Wildman–Crippen MR) is 39.7 cm³/mol. The van der Waals surface area contributed by atoms with Gasteiger partial charge >= 0.3 is 12.3 Å². The van der Waals surface area contributed by atoms with Crippen molar-refractivity contribution in [3.05, 3.63) is 6.54 Å². The van der Waals surface area contributed by atoms with E-state index in [1.807, 2.05) is 6.92 Å². The minimum atomic E-state index is -4.51. The van der Waals surface area contributed by atoms with E-state index in [2.05, 4.69) is 4.74 Å². The third-order valence-corrected chi connectivity index (χ3v) is 1.08. The molecular formula is C7H11F3NO2. The molecule has 1 radical (unpaired) electrons. The molecule has 77 valence electrons. The van der Waals surface area contributed by atoms with Gasteiger partial charge in [0.25, 0.3) is 0 Å². The van der Waals surface area contributed by atoms with Crippen LogP contribution in [-0.2, 0) is 4.74 Å². The normalized spacial score (nSPS) is 11.1. The van der Waals surface area contributed by atoms with Gasteiger partial charge in [-0.2, -0.15) is 13.2 Å². The molecule has 0 aromatic rings. The van der Waals surface area contributed by atoms with Gasteiger partial charge in [-0.1, -0.05) is 13.3 Å².